The van der Waals surface area contributed by atoms with E-state index in [1.165, 1.54) is 6.07 Å². The van der Waals surface area contributed by atoms with Crippen molar-refractivity contribution in [1.29, 1.82) is 0 Å². The Morgan fingerprint density at radius 1 is 1.52 bits per heavy atom. The summed E-state index contributed by atoms with van der Waals surface area (Å²) in [5.41, 5.74) is -0.0378. The number of ether oxygens (including phenoxy) is 2. The highest BCUT2D eigenvalue weighted by molar-refractivity contribution is 9.10. The van der Waals surface area contributed by atoms with Gasteiger partial charge in [0.05, 0.1) is 9.40 Å². The van der Waals surface area contributed by atoms with E-state index < -0.39 is 4.92 Å². The number of hydrogen-bond donors (Lipinski definition) is 1. The van der Waals surface area contributed by atoms with Crippen molar-refractivity contribution in [2.75, 3.05) is 13.7 Å². The van der Waals surface area contributed by atoms with Gasteiger partial charge in [-0.15, -0.1) is 0 Å². The molecule has 3 atom stereocenters. The van der Waals surface area contributed by atoms with E-state index in [9.17, 15) is 10.1 Å². The zero-order valence-corrected chi connectivity index (χ0v) is 13.6. The van der Waals surface area contributed by atoms with Crippen LogP contribution in [0.3, 0.4) is 0 Å². The van der Waals surface area contributed by atoms with Crippen LogP contribution < -0.4 is 10.1 Å². The average molecular weight is 359 g/mol. The molecule has 0 heterocycles. The average Bonchev–Trinajstić information content (AvgIpc) is 2.43. The van der Waals surface area contributed by atoms with Crippen molar-refractivity contribution in [3.05, 3.63) is 32.8 Å². The van der Waals surface area contributed by atoms with Crippen molar-refractivity contribution in [3.8, 4) is 5.75 Å². The molecule has 1 N–H and O–H groups in total. The zero-order valence-electron chi connectivity index (χ0n) is 12.0. The molecular weight excluding hydrogens is 340 g/mol. The Hall–Kier alpha value is -1.18. The summed E-state index contributed by atoms with van der Waals surface area (Å²) in [7, 11) is 1.63. The van der Waals surface area contributed by atoms with Crippen LogP contribution in [-0.4, -0.2) is 36.8 Å². The molecule has 0 amide bonds. The molecule has 0 aromatic heterocycles. The first-order valence-electron chi connectivity index (χ1n) is 6.94. The summed E-state index contributed by atoms with van der Waals surface area (Å²) >= 11 is 3.31. The van der Waals surface area contributed by atoms with Crippen LogP contribution in [0, 0.1) is 10.1 Å². The van der Waals surface area contributed by atoms with Gasteiger partial charge in [0.2, 0.25) is 5.75 Å². The third-order valence-electron chi connectivity index (χ3n) is 3.59. The van der Waals surface area contributed by atoms with E-state index >= 15 is 0 Å². The lowest BCUT2D eigenvalue weighted by Gasteiger charge is -2.43. The maximum atomic E-state index is 11.1. The van der Waals surface area contributed by atoms with Crippen LogP contribution in [0.25, 0.3) is 0 Å². The minimum Gasteiger partial charge on any atom is -0.480 e. The number of methoxy groups -OCH3 is 1. The number of nitro benzene ring substituents is 1. The Balaban J connectivity index is 2.08. The monoisotopic (exact) mass is 358 g/mol. The zero-order chi connectivity index (χ0) is 15.4. The van der Waals surface area contributed by atoms with E-state index in [0.717, 1.165) is 19.4 Å². The third kappa shape index (κ3) is 3.53. The number of para-hydroxylation sites is 1. The van der Waals surface area contributed by atoms with Gasteiger partial charge in [0.15, 0.2) is 0 Å². The summed E-state index contributed by atoms with van der Waals surface area (Å²) in [5, 5.41) is 14.5. The number of nitrogens with zero attached hydrogens (tertiary/aromatic N) is 1. The number of nitrogens with one attached hydrogen (secondary N) is 1. The normalized spacial score (nSPS) is 24.4. The molecule has 0 saturated heterocycles. The fourth-order valence-corrected chi connectivity index (χ4v) is 2.90. The lowest BCUT2D eigenvalue weighted by atomic mass is 9.85. The molecule has 0 spiro atoms. The van der Waals surface area contributed by atoms with Gasteiger partial charge >= 0.3 is 5.69 Å². The second-order valence-corrected chi connectivity index (χ2v) is 5.85. The lowest BCUT2D eigenvalue weighted by Crippen LogP contribution is -2.61. The Kier molecular flexibility index (Phi) is 5.55. The molecule has 0 aliphatic heterocycles. The first-order valence-corrected chi connectivity index (χ1v) is 7.73. The van der Waals surface area contributed by atoms with E-state index in [0.29, 0.717) is 4.47 Å². The van der Waals surface area contributed by atoms with Crippen molar-refractivity contribution in [2.24, 2.45) is 0 Å². The quantitative estimate of drug-likeness (QED) is 0.599. The Morgan fingerprint density at radius 2 is 2.29 bits per heavy atom. The molecule has 1 fully saturated rings. The smallest absolute Gasteiger partial charge is 0.312 e. The van der Waals surface area contributed by atoms with Crippen molar-refractivity contribution in [3.63, 3.8) is 0 Å². The summed E-state index contributed by atoms with van der Waals surface area (Å²) in [6.45, 7) is 3.03. The predicted molar refractivity (Wildman–Crippen MR) is 82.7 cm³/mol. The van der Waals surface area contributed by atoms with Crippen LogP contribution >= 0.6 is 15.9 Å². The van der Waals surface area contributed by atoms with Crippen molar-refractivity contribution >= 4 is 21.6 Å². The fraction of sp³-hybridized carbons (Fsp3) is 0.571. The number of nitro groups is 1. The molecule has 3 unspecified atom stereocenters. The SMILES string of the molecule is CCCNC1CC(Oc2c(Br)cccc2[N+](=O)[O-])C1OC. The van der Waals surface area contributed by atoms with Crippen LogP contribution in [0.1, 0.15) is 19.8 Å². The minimum atomic E-state index is -0.437. The Labute approximate surface area is 132 Å². The number of halogens is 1. The van der Waals surface area contributed by atoms with E-state index in [2.05, 4.69) is 28.2 Å². The highest BCUT2D eigenvalue weighted by Crippen LogP contribution is 2.38. The molecule has 1 saturated carbocycles. The summed E-state index contributed by atoms with van der Waals surface area (Å²) in [6.07, 6.45) is 1.55. The maximum absolute atomic E-state index is 11.1. The lowest BCUT2D eigenvalue weighted by molar-refractivity contribution is -0.386. The molecule has 2 rings (SSSR count). The third-order valence-corrected chi connectivity index (χ3v) is 4.21. The highest BCUT2D eigenvalue weighted by atomic mass is 79.9. The van der Waals surface area contributed by atoms with Crippen molar-refractivity contribution in [1.82, 2.24) is 5.32 Å². The Bertz CT molecular complexity index is 512. The molecule has 0 bridgehead atoms. The number of benzene rings is 1. The highest BCUT2D eigenvalue weighted by Gasteiger charge is 2.43. The second-order valence-electron chi connectivity index (χ2n) is 5.00. The van der Waals surface area contributed by atoms with Gasteiger partial charge in [-0.1, -0.05) is 13.0 Å². The van der Waals surface area contributed by atoms with Gasteiger partial charge in [-0.25, -0.2) is 0 Å². The maximum Gasteiger partial charge on any atom is 0.312 e. The van der Waals surface area contributed by atoms with Crippen LogP contribution in [0.15, 0.2) is 22.7 Å². The van der Waals surface area contributed by atoms with Gasteiger partial charge in [-0.2, -0.15) is 0 Å². The standard InChI is InChI=1S/C14H19BrN2O4/c1-3-7-16-10-8-12(14(10)20-2)21-13-9(15)5-4-6-11(13)17(18)19/h4-6,10,12,14,16H,3,7-8H2,1-2H3. The first-order chi connectivity index (χ1) is 10.1. The molecule has 7 heteroatoms. The minimum absolute atomic E-state index is 0.0378. The number of rotatable bonds is 7. The van der Waals surface area contributed by atoms with Crippen molar-refractivity contribution < 1.29 is 14.4 Å². The summed E-state index contributed by atoms with van der Waals surface area (Å²) in [4.78, 5) is 10.6. The Morgan fingerprint density at radius 3 is 2.90 bits per heavy atom. The summed E-state index contributed by atoms with van der Waals surface area (Å²) < 4.78 is 11.9. The summed E-state index contributed by atoms with van der Waals surface area (Å²) in [6, 6.07) is 5.03. The molecule has 1 aliphatic rings. The molecule has 1 aromatic carbocycles. The van der Waals surface area contributed by atoms with Crippen LogP contribution in [0.2, 0.25) is 0 Å². The van der Waals surface area contributed by atoms with Crippen LogP contribution in [0.5, 0.6) is 5.75 Å². The molecule has 6 nitrogen and oxygen atoms in total. The van der Waals surface area contributed by atoms with E-state index in [-0.39, 0.29) is 29.7 Å². The molecule has 1 aliphatic carbocycles. The van der Waals surface area contributed by atoms with Gasteiger partial charge in [-0.05, 0) is 35.0 Å². The molecule has 116 valence electrons. The van der Waals surface area contributed by atoms with Gasteiger partial charge < -0.3 is 14.8 Å². The van der Waals surface area contributed by atoms with E-state index in [4.69, 9.17) is 9.47 Å². The summed E-state index contributed by atoms with van der Waals surface area (Å²) in [5.74, 6) is 0.267. The molecule has 0 radical (unpaired) electrons. The van der Waals surface area contributed by atoms with Gasteiger partial charge in [0, 0.05) is 25.6 Å². The van der Waals surface area contributed by atoms with Crippen molar-refractivity contribution in [2.45, 2.75) is 38.0 Å². The van der Waals surface area contributed by atoms with Gasteiger partial charge in [0.1, 0.15) is 12.2 Å². The van der Waals surface area contributed by atoms with Crippen LogP contribution in [-0.2, 0) is 4.74 Å². The topological polar surface area (TPSA) is 73.6 Å². The predicted octanol–water partition coefficient (Wildman–Crippen LogP) is 2.89. The van der Waals surface area contributed by atoms with Gasteiger partial charge in [-0.3, -0.25) is 10.1 Å². The molecule has 1 aromatic rings. The van der Waals surface area contributed by atoms with Crippen LogP contribution in [0.4, 0.5) is 5.69 Å². The second kappa shape index (κ2) is 7.20. The fourth-order valence-electron chi connectivity index (χ4n) is 2.45. The van der Waals surface area contributed by atoms with E-state index in [1.807, 2.05) is 0 Å². The number of hydrogen-bond acceptors (Lipinski definition) is 5. The van der Waals surface area contributed by atoms with Gasteiger partial charge in [0.25, 0.3) is 0 Å². The first kappa shape index (κ1) is 16.2. The largest absolute Gasteiger partial charge is 0.480 e. The molecule has 21 heavy (non-hydrogen) atoms. The van der Waals surface area contributed by atoms with E-state index in [1.54, 1.807) is 19.2 Å². The molecular formula is C14H19BrN2O4.